The molecule has 0 atom stereocenters. The average molecular weight is 277 g/mol. The van der Waals surface area contributed by atoms with Crippen LogP contribution in [0.5, 0.6) is 0 Å². The van der Waals surface area contributed by atoms with E-state index in [2.05, 4.69) is 17.2 Å². The molecule has 0 unspecified atom stereocenters. The Kier molecular flexibility index (Phi) is 4.55. The van der Waals surface area contributed by atoms with Crippen molar-refractivity contribution in [2.45, 2.75) is 6.42 Å². The topological polar surface area (TPSA) is 75.4 Å². The second kappa shape index (κ2) is 6.36. The van der Waals surface area contributed by atoms with Crippen molar-refractivity contribution in [1.82, 2.24) is 10.2 Å². The predicted molar refractivity (Wildman–Crippen MR) is 73.8 cm³/mol. The van der Waals surface area contributed by atoms with Gasteiger partial charge in [0.05, 0.1) is 22.8 Å². The highest BCUT2D eigenvalue weighted by Crippen LogP contribution is 2.18. The molecule has 0 spiro atoms. The molecule has 1 aliphatic rings. The first-order valence-corrected chi connectivity index (χ1v) is 6.87. The summed E-state index contributed by atoms with van der Waals surface area (Å²) in [5.74, 6) is 5.44. The lowest BCUT2D eigenvalue weighted by atomic mass is 10.3. The van der Waals surface area contributed by atoms with Crippen molar-refractivity contribution in [3.05, 3.63) is 21.9 Å². The third-order valence-electron chi connectivity index (χ3n) is 2.68. The maximum atomic E-state index is 12.3. The standard InChI is InChI=1S/C13H15N3O2S/c14-6-1-3-10-4-5-11(19-10)13(18)16-8-2-7-15-12(17)9-16/h4-5H,2,6-9,14H2,(H,15,17). The van der Waals surface area contributed by atoms with E-state index < -0.39 is 0 Å². The van der Waals surface area contributed by atoms with Crippen LogP contribution in [0.4, 0.5) is 0 Å². The van der Waals surface area contributed by atoms with E-state index in [0.29, 0.717) is 24.5 Å². The Morgan fingerprint density at radius 2 is 2.37 bits per heavy atom. The lowest BCUT2D eigenvalue weighted by molar-refractivity contribution is -0.121. The minimum Gasteiger partial charge on any atom is -0.354 e. The molecule has 2 rings (SSSR count). The van der Waals surface area contributed by atoms with Crippen LogP contribution < -0.4 is 11.1 Å². The molecule has 0 aliphatic carbocycles. The number of carbonyl (C=O) groups is 2. The van der Waals surface area contributed by atoms with Gasteiger partial charge >= 0.3 is 0 Å². The maximum Gasteiger partial charge on any atom is 0.264 e. The fourth-order valence-corrected chi connectivity index (χ4v) is 2.64. The molecule has 1 fully saturated rings. The summed E-state index contributed by atoms with van der Waals surface area (Å²) in [6.45, 7) is 1.65. The minimum atomic E-state index is -0.108. The summed E-state index contributed by atoms with van der Waals surface area (Å²) in [6, 6.07) is 3.55. The Morgan fingerprint density at radius 3 is 3.16 bits per heavy atom. The fraction of sp³-hybridized carbons (Fsp3) is 0.385. The van der Waals surface area contributed by atoms with Crippen LogP contribution >= 0.6 is 11.3 Å². The molecule has 1 aromatic rings. The van der Waals surface area contributed by atoms with Crippen LogP contribution in [0.25, 0.3) is 0 Å². The smallest absolute Gasteiger partial charge is 0.264 e. The van der Waals surface area contributed by atoms with E-state index in [-0.39, 0.29) is 18.4 Å². The van der Waals surface area contributed by atoms with Crippen LogP contribution in [0.1, 0.15) is 21.0 Å². The highest BCUT2D eigenvalue weighted by molar-refractivity contribution is 7.14. The number of nitrogens with two attached hydrogens (primary N) is 1. The summed E-state index contributed by atoms with van der Waals surface area (Å²) < 4.78 is 0. The molecule has 2 amide bonds. The van der Waals surface area contributed by atoms with Crippen molar-refractivity contribution < 1.29 is 9.59 Å². The second-order valence-corrected chi connectivity index (χ2v) is 5.18. The van der Waals surface area contributed by atoms with Crippen molar-refractivity contribution in [2.24, 2.45) is 5.73 Å². The van der Waals surface area contributed by atoms with Crippen molar-refractivity contribution in [2.75, 3.05) is 26.2 Å². The van der Waals surface area contributed by atoms with Crippen molar-refractivity contribution in [3.8, 4) is 11.8 Å². The Labute approximate surface area is 115 Å². The summed E-state index contributed by atoms with van der Waals surface area (Å²) in [5, 5.41) is 2.75. The molecule has 6 heteroatoms. The summed E-state index contributed by atoms with van der Waals surface area (Å²) in [6.07, 6.45) is 0.780. The number of nitrogens with one attached hydrogen (secondary N) is 1. The van der Waals surface area contributed by atoms with Crippen molar-refractivity contribution >= 4 is 23.2 Å². The molecule has 0 bridgehead atoms. The SMILES string of the molecule is NCC#Cc1ccc(C(=O)N2CCCNC(=O)C2)s1. The molecule has 19 heavy (non-hydrogen) atoms. The summed E-state index contributed by atoms with van der Waals surface area (Å²) in [4.78, 5) is 26.7. The van der Waals surface area contributed by atoms with Gasteiger partial charge in [0.1, 0.15) is 0 Å². The van der Waals surface area contributed by atoms with Gasteiger partial charge in [0.15, 0.2) is 0 Å². The Bertz CT molecular complexity index is 542. The van der Waals surface area contributed by atoms with Gasteiger partial charge in [-0.05, 0) is 18.6 Å². The number of hydrogen-bond acceptors (Lipinski definition) is 4. The molecule has 5 nitrogen and oxygen atoms in total. The quantitative estimate of drug-likeness (QED) is 0.711. The summed E-state index contributed by atoms with van der Waals surface area (Å²) in [5.41, 5.74) is 5.30. The zero-order valence-corrected chi connectivity index (χ0v) is 11.3. The molecule has 0 saturated carbocycles. The first-order valence-electron chi connectivity index (χ1n) is 6.05. The van der Waals surface area contributed by atoms with Crippen LogP contribution in [0.3, 0.4) is 0 Å². The van der Waals surface area contributed by atoms with Crippen LogP contribution in [0, 0.1) is 11.8 Å². The maximum absolute atomic E-state index is 12.3. The van der Waals surface area contributed by atoms with Gasteiger partial charge in [-0.1, -0.05) is 11.8 Å². The highest BCUT2D eigenvalue weighted by Gasteiger charge is 2.21. The second-order valence-electron chi connectivity index (χ2n) is 4.10. The van der Waals surface area contributed by atoms with Gasteiger partial charge < -0.3 is 16.0 Å². The number of hydrogen-bond donors (Lipinski definition) is 2. The van der Waals surface area contributed by atoms with Crippen LogP contribution in [-0.4, -0.2) is 42.9 Å². The number of thiophene rings is 1. The molecular weight excluding hydrogens is 262 g/mol. The third-order valence-corrected chi connectivity index (χ3v) is 3.67. The third kappa shape index (κ3) is 3.56. The normalized spacial score (nSPS) is 15.2. The van der Waals surface area contributed by atoms with Gasteiger partial charge in [-0.3, -0.25) is 9.59 Å². The van der Waals surface area contributed by atoms with E-state index in [9.17, 15) is 9.59 Å². The molecule has 0 radical (unpaired) electrons. The van der Waals surface area contributed by atoms with E-state index in [0.717, 1.165) is 11.3 Å². The number of amides is 2. The number of nitrogens with zero attached hydrogens (tertiary/aromatic N) is 1. The molecule has 0 aromatic carbocycles. The van der Waals surface area contributed by atoms with E-state index in [1.807, 2.05) is 0 Å². The molecule has 1 saturated heterocycles. The van der Waals surface area contributed by atoms with Gasteiger partial charge in [0.25, 0.3) is 5.91 Å². The van der Waals surface area contributed by atoms with E-state index >= 15 is 0 Å². The van der Waals surface area contributed by atoms with Gasteiger partial charge in [-0.25, -0.2) is 0 Å². The number of carbonyl (C=O) groups excluding carboxylic acids is 2. The minimum absolute atomic E-state index is 0.106. The Morgan fingerprint density at radius 1 is 1.53 bits per heavy atom. The summed E-state index contributed by atoms with van der Waals surface area (Å²) >= 11 is 1.33. The molecule has 1 aromatic heterocycles. The Hall–Kier alpha value is -1.84. The first kappa shape index (κ1) is 13.6. The molecule has 100 valence electrons. The van der Waals surface area contributed by atoms with E-state index in [1.165, 1.54) is 11.3 Å². The largest absolute Gasteiger partial charge is 0.354 e. The van der Waals surface area contributed by atoms with Crippen LogP contribution in [-0.2, 0) is 4.79 Å². The predicted octanol–water partition coefficient (Wildman–Crippen LogP) is 0.0204. The van der Waals surface area contributed by atoms with Gasteiger partial charge in [0.2, 0.25) is 5.91 Å². The van der Waals surface area contributed by atoms with Crippen LogP contribution in [0.2, 0.25) is 0 Å². The monoisotopic (exact) mass is 277 g/mol. The molecule has 1 aliphatic heterocycles. The fourth-order valence-electron chi connectivity index (χ4n) is 1.79. The van der Waals surface area contributed by atoms with Crippen molar-refractivity contribution in [1.29, 1.82) is 0 Å². The lowest BCUT2D eigenvalue weighted by Gasteiger charge is -2.17. The first-order chi connectivity index (χ1) is 9.20. The van der Waals surface area contributed by atoms with Gasteiger partial charge in [0, 0.05) is 13.1 Å². The molecular formula is C13H15N3O2S. The van der Waals surface area contributed by atoms with Gasteiger partial charge in [-0.2, -0.15) is 0 Å². The summed E-state index contributed by atoms with van der Waals surface area (Å²) in [7, 11) is 0. The Balaban J connectivity index is 2.10. The highest BCUT2D eigenvalue weighted by atomic mass is 32.1. The molecule has 3 N–H and O–H groups in total. The lowest BCUT2D eigenvalue weighted by Crippen LogP contribution is -2.37. The van der Waals surface area contributed by atoms with Crippen LogP contribution in [0.15, 0.2) is 12.1 Å². The average Bonchev–Trinajstić information content (AvgIpc) is 2.77. The zero-order valence-electron chi connectivity index (χ0n) is 10.4. The molecule has 2 heterocycles. The van der Waals surface area contributed by atoms with E-state index in [1.54, 1.807) is 17.0 Å². The number of rotatable bonds is 1. The van der Waals surface area contributed by atoms with Crippen molar-refractivity contribution in [3.63, 3.8) is 0 Å². The van der Waals surface area contributed by atoms with Gasteiger partial charge in [-0.15, -0.1) is 11.3 Å². The van der Waals surface area contributed by atoms with E-state index in [4.69, 9.17) is 5.73 Å². The zero-order chi connectivity index (χ0) is 13.7.